The van der Waals surface area contributed by atoms with Gasteiger partial charge in [-0.3, -0.25) is 0 Å². The Morgan fingerprint density at radius 2 is 2.07 bits per heavy atom. The summed E-state index contributed by atoms with van der Waals surface area (Å²) in [4.78, 5) is 13.0. The number of carboxylic acids is 1. The fraction of sp³-hybridized carbons (Fsp3) is 0.647. The van der Waals surface area contributed by atoms with Crippen LogP contribution in [0.2, 0.25) is 0 Å². The summed E-state index contributed by atoms with van der Waals surface area (Å²) in [6.07, 6.45) is -1.56. The van der Waals surface area contributed by atoms with Crippen LogP contribution in [0.1, 0.15) is 19.8 Å². The van der Waals surface area contributed by atoms with E-state index >= 15 is 0 Å². The van der Waals surface area contributed by atoms with Gasteiger partial charge in [0.25, 0.3) is 0 Å². The van der Waals surface area contributed by atoms with Crippen LogP contribution in [0, 0.1) is 5.92 Å². The van der Waals surface area contributed by atoms with Crippen LogP contribution in [0.4, 0.5) is 13.2 Å². The van der Waals surface area contributed by atoms with Gasteiger partial charge in [0.2, 0.25) is 15.9 Å². The van der Waals surface area contributed by atoms with Crippen molar-refractivity contribution in [2.45, 2.75) is 31.5 Å². The predicted molar refractivity (Wildman–Crippen MR) is 95.9 cm³/mol. The molecule has 1 N–H and O–H groups in total. The number of carbonyl (C=O) groups is 1. The van der Waals surface area contributed by atoms with Gasteiger partial charge in [0.15, 0.2) is 0 Å². The first-order valence-electron chi connectivity index (χ1n) is 8.96. The lowest BCUT2D eigenvalue weighted by atomic mass is 9.80. The van der Waals surface area contributed by atoms with E-state index in [0.717, 1.165) is 12.8 Å². The first kappa shape index (κ1) is 23.4. The van der Waals surface area contributed by atoms with E-state index in [1.54, 1.807) is 13.1 Å². The molecule has 0 radical (unpaired) electrons. The number of aromatic nitrogens is 1. The minimum Gasteiger partial charge on any atom is -0.478 e. The van der Waals surface area contributed by atoms with Crippen LogP contribution in [0.5, 0.6) is 5.88 Å². The van der Waals surface area contributed by atoms with Crippen LogP contribution in [-0.4, -0.2) is 72.6 Å². The summed E-state index contributed by atoms with van der Waals surface area (Å²) >= 11 is 0. The van der Waals surface area contributed by atoms with E-state index in [1.807, 2.05) is 18.2 Å². The van der Waals surface area contributed by atoms with Crippen molar-refractivity contribution in [1.29, 1.82) is 0 Å². The molecule has 1 atom stereocenters. The van der Waals surface area contributed by atoms with Crippen molar-refractivity contribution in [3.63, 3.8) is 0 Å². The molecule has 1 aromatic rings. The lowest BCUT2D eigenvalue weighted by Gasteiger charge is -2.49. The van der Waals surface area contributed by atoms with Crippen molar-refractivity contribution >= 4 is 16.0 Å². The van der Waals surface area contributed by atoms with Gasteiger partial charge in [0, 0.05) is 32.0 Å². The average molecular weight is 440 g/mol. The Kier molecular flexibility index (Phi) is 7.46. The fourth-order valence-corrected chi connectivity index (χ4v) is 4.41. The number of sulfonamides is 1. The summed E-state index contributed by atoms with van der Waals surface area (Å²) in [5.41, 5.74) is -0.296. The second kappa shape index (κ2) is 9.26. The number of carboxylic acid groups (broad SMARTS) is 1. The van der Waals surface area contributed by atoms with Gasteiger partial charge in [0.05, 0.1) is 18.0 Å². The van der Waals surface area contributed by atoms with Crippen LogP contribution >= 0.6 is 0 Å². The summed E-state index contributed by atoms with van der Waals surface area (Å²) in [5, 5.41) is 7.12. The molecule has 0 amide bonds. The number of pyridine rings is 1. The number of aliphatic carboxylic acids is 1. The van der Waals surface area contributed by atoms with Gasteiger partial charge in [-0.05, 0) is 31.7 Å². The zero-order chi connectivity index (χ0) is 21.7. The van der Waals surface area contributed by atoms with Gasteiger partial charge in [-0.25, -0.2) is 18.2 Å². The molecule has 0 bridgehead atoms. The summed E-state index contributed by atoms with van der Waals surface area (Å²) in [7, 11) is -3.10. The van der Waals surface area contributed by atoms with E-state index in [9.17, 15) is 21.6 Å². The van der Waals surface area contributed by atoms with Gasteiger partial charge in [-0.15, -0.1) is 0 Å². The normalized spacial score (nSPS) is 21.2. The molecule has 12 heteroatoms. The molecule has 3 rings (SSSR count). The van der Waals surface area contributed by atoms with Gasteiger partial charge >= 0.3 is 12.1 Å². The molecule has 2 aliphatic rings. The standard InChI is InChI=1S/C15H22N2O4S.C2HF3O2/c1-2-22(18,19)17-11-15(12-17)13(7-10-21-15)6-9-20-14-5-3-4-8-16-14;3-2(4,5)1(6)7/h3-5,8,13H,2,6-7,9-12H2,1H3;(H,6,7). The Morgan fingerprint density at radius 3 is 2.59 bits per heavy atom. The number of halogens is 3. The predicted octanol–water partition coefficient (Wildman–Crippen LogP) is 1.92. The third-order valence-electron chi connectivity index (χ3n) is 4.84. The van der Waals surface area contributed by atoms with E-state index in [-0.39, 0.29) is 11.4 Å². The van der Waals surface area contributed by atoms with E-state index < -0.39 is 22.2 Å². The Hall–Kier alpha value is -1.92. The van der Waals surface area contributed by atoms with E-state index in [1.165, 1.54) is 4.31 Å². The van der Waals surface area contributed by atoms with Crippen LogP contribution in [-0.2, 0) is 19.6 Å². The maximum absolute atomic E-state index is 11.9. The van der Waals surface area contributed by atoms with Crippen LogP contribution in [0.15, 0.2) is 24.4 Å². The summed E-state index contributed by atoms with van der Waals surface area (Å²) in [6, 6.07) is 5.57. The summed E-state index contributed by atoms with van der Waals surface area (Å²) in [5.74, 6) is -1.64. The van der Waals surface area contributed by atoms with Crippen molar-refractivity contribution in [1.82, 2.24) is 9.29 Å². The maximum Gasteiger partial charge on any atom is 0.490 e. The van der Waals surface area contributed by atoms with Gasteiger partial charge in [-0.2, -0.15) is 17.5 Å². The highest BCUT2D eigenvalue weighted by Crippen LogP contribution is 2.42. The third kappa shape index (κ3) is 6.03. The third-order valence-corrected chi connectivity index (χ3v) is 6.62. The minimum atomic E-state index is -5.08. The van der Waals surface area contributed by atoms with Gasteiger partial charge < -0.3 is 14.6 Å². The molecule has 0 aliphatic carbocycles. The molecule has 2 fully saturated rings. The Balaban J connectivity index is 0.000000370. The Bertz CT molecular complexity index is 782. The van der Waals surface area contributed by atoms with Crippen LogP contribution < -0.4 is 4.74 Å². The van der Waals surface area contributed by atoms with Crippen molar-refractivity contribution in [3.05, 3.63) is 24.4 Å². The number of ether oxygens (including phenoxy) is 2. The SMILES string of the molecule is CCS(=O)(=O)N1CC2(C1)OCCC2CCOc1ccccn1.O=C(O)C(F)(F)F. The summed E-state index contributed by atoms with van der Waals surface area (Å²) < 4.78 is 68.5. The maximum atomic E-state index is 11.9. The molecule has 1 aromatic heterocycles. The molecule has 1 unspecified atom stereocenters. The van der Waals surface area contributed by atoms with Crippen LogP contribution in [0.3, 0.4) is 0 Å². The number of rotatable bonds is 6. The zero-order valence-electron chi connectivity index (χ0n) is 15.8. The second-order valence-corrected chi connectivity index (χ2v) is 8.93. The molecular formula is C17H23F3N2O6S. The molecule has 2 saturated heterocycles. The quantitative estimate of drug-likeness (QED) is 0.720. The van der Waals surface area contributed by atoms with Crippen molar-refractivity contribution in [2.75, 3.05) is 32.1 Å². The second-order valence-electron chi connectivity index (χ2n) is 6.68. The van der Waals surface area contributed by atoms with E-state index in [4.69, 9.17) is 19.4 Å². The van der Waals surface area contributed by atoms with Crippen molar-refractivity contribution < 1.29 is 41.0 Å². The average Bonchev–Trinajstić information content (AvgIpc) is 3.05. The highest BCUT2D eigenvalue weighted by Gasteiger charge is 2.55. The Morgan fingerprint density at radius 1 is 1.41 bits per heavy atom. The van der Waals surface area contributed by atoms with E-state index in [2.05, 4.69) is 4.98 Å². The van der Waals surface area contributed by atoms with Gasteiger partial charge in [0.1, 0.15) is 0 Å². The van der Waals surface area contributed by atoms with Crippen molar-refractivity contribution in [2.24, 2.45) is 5.92 Å². The van der Waals surface area contributed by atoms with Crippen LogP contribution in [0.25, 0.3) is 0 Å². The number of nitrogens with zero attached hydrogens (tertiary/aromatic N) is 2. The molecule has 164 valence electrons. The van der Waals surface area contributed by atoms with Crippen molar-refractivity contribution in [3.8, 4) is 5.88 Å². The molecule has 29 heavy (non-hydrogen) atoms. The number of hydrogen-bond acceptors (Lipinski definition) is 6. The number of hydrogen-bond donors (Lipinski definition) is 1. The molecule has 1 spiro atoms. The minimum absolute atomic E-state index is 0.149. The fourth-order valence-electron chi connectivity index (χ4n) is 3.21. The topological polar surface area (TPSA) is 106 Å². The molecule has 3 heterocycles. The molecule has 0 saturated carbocycles. The summed E-state index contributed by atoms with van der Waals surface area (Å²) in [6.45, 7) is 3.92. The number of alkyl halides is 3. The smallest absolute Gasteiger partial charge is 0.478 e. The van der Waals surface area contributed by atoms with E-state index in [0.29, 0.717) is 38.1 Å². The Labute approximate surface area is 166 Å². The highest BCUT2D eigenvalue weighted by atomic mass is 32.2. The molecule has 2 aliphatic heterocycles. The molecular weight excluding hydrogens is 417 g/mol. The molecule has 0 aromatic carbocycles. The largest absolute Gasteiger partial charge is 0.490 e. The highest BCUT2D eigenvalue weighted by molar-refractivity contribution is 7.89. The molecule has 8 nitrogen and oxygen atoms in total. The van der Waals surface area contributed by atoms with Gasteiger partial charge in [-0.1, -0.05) is 6.07 Å². The first-order chi connectivity index (χ1) is 13.5. The monoisotopic (exact) mass is 440 g/mol. The zero-order valence-corrected chi connectivity index (χ0v) is 16.6. The first-order valence-corrected chi connectivity index (χ1v) is 10.6. The lowest BCUT2D eigenvalue weighted by Crippen LogP contribution is -2.66. The lowest BCUT2D eigenvalue weighted by molar-refractivity contribution is -0.192.